The molecule has 1 saturated heterocycles. The monoisotopic (exact) mass is 362 g/mol. The van der Waals surface area contributed by atoms with Crippen molar-refractivity contribution in [3.63, 3.8) is 0 Å². The molecule has 0 atom stereocenters. The maximum absolute atomic E-state index is 13.7. The predicted octanol–water partition coefficient (Wildman–Crippen LogP) is 3.91. The summed E-state index contributed by atoms with van der Waals surface area (Å²) in [5, 5.41) is 0. The Kier molecular flexibility index (Phi) is 5.24. The average Bonchev–Trinajstić information content (AvgIpc) is 2.54. The summed E-state index contributed by atoms with van der Waals surface area (Å²) in [5.41, 5.74) is 2.12. The molecule has 2 nitrogen and oxygen atoms in total. The molecule has 1 aliphatic heterocycles. The lowest BCUT2D eigenvalue weighted by atomic mass is 10.1. The highest BCUT2D eigenvalue weighted by Crippen LogP contribution is 2.19. The van der Waals surface area contributed by atoms with E-state index in [1.165, 1.54) is 10.0 Å². The van der Waals surface area contributed by atoms with Gasteiger partial charge in [0.25, 0.3) is 0 Å². The Morgan fingerprint density at radius 3 is 1.86 bits per heavy atom. The Morgan fingerprint density at radius 1 is 0.773 bits per heavy atom. The lowest BCUT2D eigenvalue weighted by molar-refractivity contribution is 0.121. The van der Waals surface area contributed by atoms with Crippen LogP contribution in [0.2, 0.25) is 0 Å². The first-order valence-corrected chi connectivity index (χ1v) is 8.43. The Hall–Kier alpha value is -1.23. The van der Waals surface area contributed by atoms with E-state index in [1.807, 2.05) is 18.2 Å². The van der Waals surface area contributed by atoms with Crippen molar-refractivity contribution in [2.24, 2.45) is 0 Å². The van der Waals surface area contributed by atoms with Crippen LogP contribution in [-0.4, -0.2) is 36.0 Å². The topological polar surface area (TPSA) is 6.48 Å². The number of benzene rings is 2. The van der Waals surface area contributed by atoms with Crippen LogP contribution in [0.5, 0.6) is 0 Å². The van der Waals surface area contributed by atoms with Gasteiger partial charge in [0.05, 0.1) is 0 Å². The third-order valence-corrected chi connectivity index (χ3v) is 4.94. The third-order valence-electron chi connectivity index (χ3n) is 4.17. The van der Waals surface area contributed by atoms with Gasteiger partial charge in [0.1, 0.15) is 5.82 Å². The molecule has 116 valence electrons. The summed E-state index contributed by atoms with van der Waals surface area (Å²) in [6, 6.07) is 15.4. The Bertz CT molecular complexity index is 568. The van der Waals surface area contributed by atoms with Gasteiger partial charge in [-0.25, -0.2) is 4.39 Å². The second-order valence-electron chi connectivity index (χ2n) is 5.74. The summed E-state index contributed by atoms with van der Waals surface area (Å²) in [5.74, 6) is -0.0989. The minimum Gasteiger partial charge on any atom is -0.297 e. The van der Waals surface area contributed by atoms with Crippen LogP contribution in [-0.2, 0) is 13.1 Å². The molecule has 2 aromatic carbocycles. The van der Waals surface area contributed by atoms with Crippen LogP contribution in [0.25, 0.3) is 0 Å². The average molecular weight is 363 g/mol. The fourth-order valence-electron chi connectivity index (χ4n) is 2.84. The maximum Gasteiger partial charge on any atom is 0.127 e. The van der Waals surface area contributed by atoms with Crippen LogP contribution >= 0.6 is 15.9 Å². The van der Waals surface area contributed by atoms with E-state index in [-0.39, 0.29) is 5.82 Å². The molecular weight excluding hydrogens is 343 g/mol. The maximum atomic E-state index is 13.7. The van der Waals surface area contributed by atoms with Crippen LogP contribution in [0.1, 0.15) is 11.1 Å². The van der Waals surface area contributed by atoms with Gasteiger partial charge >= 0.3 is 0 Å². The first-order valence-electron chi connectivity index (χ1n) is 7.64. The molecule has 0 N–H and O–H groups in total. The summed E-state index contributed by atoms with van der Waals surface area (Å²) in [6.07, 6.45) is 0. The minimum absolute atomic E-state index is 0.0989. The number of rotatable bonds is 4. The zero-order valence-corrected chi connectivity index (χ0v) is 14.1. The standard InChI is InChI=1S/C18H20BrFN2/c19-17-7-3-1-5-15(17)13-21-9-11-22(12-10-21)14-16-6-2-4-8-18(16)20/h1-8H,9-14H2. The van der Waals surface area contributed by atoms with Crippen molar-refractivity contribution in [1.82, 2.24) is 9.80 Å². The van der Waals surface area contributed by atoms with Gasteiger partial charge in [0, 0.05) is 49.3 Å². The van der Waals surface area contributed by atoms with Crippen molar-refractivity contribution < 1.29 is 4.39 Å². The fraction of sp³-hybridized carbons (Fsp3) is 0.333. The van der Waals surface area contributed by atoms with Gasteiger partial charge < -0.3 is 0 Å². The highest BCUT2D eigenvalue weighted by atomic mass is 79.9. The van der Waals surface area contributed by atoms with Gasteiger partial charge in [-0.3, -0.25) is 9.80 Å². The smallest absolute Gasteiger partial charge is 0.127 e. The second-order valence-corrected chi connectivity index (χ2v) is 6.59. The molecule has 0 spiro atoms. The van der Waals surface area contributed by atoms with Crippen molar-refractivity contribution in [3.05, 3.63) is 69.9 Å². The van der Waals surface area contributed by atoms with Gasteiger partial charge in [-0.2, -0.15) is 0 Å². The van der Waals surface area contributed by atoms with E-state index in [9.17, 15) is 4.39 Å². The van der Waals surface area contributed by atoms with Crippen LogP contribution in [0.4, 0.5) is 4.39 Å². The number of halogens is 2. The summed E-state index contributed by atoms with van der Waals surface area (Å²) in [6.45, 7) is 5.69. The summed E-state index contributed by atoms with van der Waals surface area (Å²) >= 11 is 3.61. The van der Waals surface area contributed by atoms with Crippen molar-refractivity contribution >= 4 is 15.9 Å². The van der Waals surface area contributed by atoms with Crippen LogP contribution in [0.15, 0.2) is 53.0 Å². The molecule has 0 saturated carbocycles. The quantitative estimate of drug-likeness (QED) is 0.813. The molecule has 0 aromatic heterocycles. The predicted molar refractivity (Wildman–Crippen MR) is 91.1 cm³/mol. The molecule has 4 heteroatoms. The molecule has 0 radical (unpaired) electrons. The fourth-order valence-corrected chi connectivity index (χ4v) is 3.25. The first kappa shape index (κ1) is 15.7. The van der Waals surface area contributed by atoms with Crippen LogP contribution in [0, 0.1) is 5.82 Å². The Balaban J connectivity index is 1.52. The zero-order valence-electron chi connectivity index (χ0n) is 12.5. The lowest BCUT2D eigenvalue weighted by Gasteiger charge is -2.35. The Labute approximate surface area is 139 Å². The highest BCUT2D eigenvalue weighted by Gasteiger charge is 2.18. The van der Waals surface area contributed by atoms with E-state index in [2.05, 4.69) is 43.9 Å². The molecule has 0 amide bonds. The number of hydrogen-bond donors (Lipinski definition) is 0. The molecular formula is C18H20BrFN2. The van der Waals surface area contributed by atoms with Gasteiger partial charge in [0.2, 0.25) is 0 Å². The summed E-state index contributed by atoms with van der Waals surface area (Å²) in [4.78, 5) is 4.78. The van der Waals surface area contributed by atoms with E-state index < -0.39 is 0 Å². The van der Waals surface area contributed by atoms with Crippen molar-refractivity contribution in [3.8, 4) is 0 Å². The van der Waals surface area contributed by atoms with Crippen molar-refractivity contribution in [1.29, 1.82) is 0 Å². The molecule has 0 bridgehead atoms. The zero-order chi connectivity index (χ0) is 15.4. The first-order chi connectivity index (χ1) is 10.7. The van der Waals surface area contributed by atoms with E-state index in [4.69, 9.17) is 0 Å². The molecule has 3 rings (SSSR count). The lowest BCUT2D eigenvalue weighted by Crippen LogP contribution is -2.45. The van der Waals surface area contributed by atoms with Crippen molar-refractivity contribution in [2.45, 2.75) is 13.1 Å². The molecule has 22 heavy (non-hydrogen) atoms. The summed E-state index contributed by atoms with van der Waals surface area (Å²) < 4.78 is 14.9. The second kappa shape index (κ2) is 7.36. The number of piperazine rings is 1. The van der Waals surface area contributed by atoms with Gasteiger partial charge in [-0.15, -0.1) is 0 Å². The van der Waals surface area contributed by atoms with Crippen molar-refractivity contribution in [2.75, 3.05) is 26.2 Å². The molecule has 1 aliphatic rings. The summed E-state index contributed by atoms with van der Waals surface area (Å²) in [7, 11) is 0. The van der Waals surface area contributed by atoms with Gasteiger partial charge in [-0.1, -0.05) is 52.3 Å². The molecule has 0 unspecified atom stereocenters. The van der Waals surface area contributed by atoms with Crippen LogP contribution < -0.4 is 0 Å². The van der Waals surface area contributed by atoms with E-state index in [0.717, 1.165) is 38.3 Å². The van der Waals surface area contributed by atoms with E-state index >= 15 is 0 Å². The van der Waals surface area contributed by atoms with E-state index in [1.54, 1.807) is 12.1 Å². The normalized spacial score (nSPS) is 16.8. The van der Waals surface area contributed by atoms with Gasteiger partial charge in [-0.05, 0) is 17.7 Å². The SMILES string of the molecule is Fc1ccccc1CN1CCN(Cc2ccccc2Br)CC1. The molecule has 0 aliphatic carbocycles. The Morgan fingerprint density at radius 2 is 1.27 bits per heavy atom. The highest BCUT2D eigenvalue weighted by molar-refractivity contribution is 9.10. The third kappa shape index (κ3) is 3.94. The van der Waals surface area contributed by atoms with E-state index in [0.29, 0.717) is 6.54 Å². The number of hydrogen-bond acceptors (Lipinski definition) is 2. The van der Waals surface area contributed by atoms with Crippen LogP contribution in [0.3, 0.4) is 0 Å². The molecule has 1 heterocycles. The molecule has 1 fully saturated rings. The minimum atomic E-state index is -0.0989. The van der Waals surface area contributed by atoms with Gasteiger partial charge in [0.15, 0.2) is 0 Å². The largest absolute Gasteiger partial charge is 0.297 e. The number of nitrogens with zero attached hydrogens (tertiary/aromatic N) is 2. The molecule has 2 aromatic rings.